The quantitative estimate of drug-likeness (QED) is 0.752. The lowest BCUT2D eigenvalue weighted by Gasteiger charge is -2.34. The summed E-state index contributed by atoms with van der Waals surface area (Å²) in [5.41, 5.74) is 0. The Hall–Kier alpha value is -1.34. The van der Waals surface area contributed by atoms with E-state index in [1.165, 1.54) is 4.90 Å². The standard InChI is InChI=1S/C13H23N3O4/c1-15-4-2-10(3-5-15)8-14-13(19)16-6-7-20-9-11(16)12(17)18/h10-11H,2-9H2,1H3,(H,14,19)(H,17,18). The fourth-order valence-corrected chi connectivity index (χ4v) is 2.65. The lowest BCUT2D eigenvalue weighted by Crippen LogP contribution is -2.56. The van der Waals surface area contributed by atoms with Crippen LogP contribution in [-0.4, -0.2) is 79.4 Å². The molecule has 0 saturated carbocycles. The Balaban J connectivity index is 1.79. The Morgan fingerprint density at radius 2 is 2.00 bits per heavy atom. The molecule has 2 fully saturated rings. The zero-order valence-corrected chi connectivity index (χ0v) is 11.9. The number of urea groups is 1. The molecule has 1 unspecified atom stereocenters. The SMILES string of the molecule is CN1CCC(CNC(=O)N2CCOCC2C(=O)O)CC1. The number of carbonyl (C=O) groups excluding carboxylic acids is 1. The monoisotopic (exact) mass is 285 g/mol. The topological polar surface area (TPSA) is 82.1 Å². The highest BCUT2D eigenvalue weighted by Gasteiger charge is 2.32. The van der Waals surface area contributed by atoms with Crippen LogP contribution in [0.15, 0.2) is 0 Å². The van der Waals surface area contributed by atoms with Crippen molar-refractivity contribution in [2.24, 2.45) is 5.92 Å². The van der Waals surface area contributed by atoms with Crippen molar-refractivity contribution in [1.82, 2.24) is 15.1 Å². The minimum Gasteiger partial charge on any atom is -0.480 e. The molecule has 0 spiro atoms. The van der Waals surface area contributed by atoms with Crippen LogP contribution in [0.4, 0.5) is 4.79 Å². The van der Waals surface area contributed by atoms with Gasteiger partial charge in [-0.3, -0.25) is 0 Å². The maximum atomic E-state index is 12.1. The molecule has 2 heterocycles. The fourth-order valence-electron chi connectivity index (χ4n) is 2.65. The van der Waals surface area contributed by atoms with Gasteiger partial charge in [-0.25, -0.2) is 9.59 Å². The van der Waals surface area contributed by atoms with E-state index in [1.807, 2.05) is 0 Å². The average molecular weight is 285 g/mol. The highest BCUT2D eigenvalue weighted by Crippen LogP contribution is 2.15. The number of carboxylic acid groups (broad SMARTS) is 1. The van der Waals surface area contributed by atoms with Crippen LogP contribution in [0, 0.1) is 5.92 Å². The Morgan fingerprint density at radius 1 is 1.30 bits per heavy atom. The largest absolute Gasteiger partial charge is 0.480 e. The first-order chi connectivity index (χ1) is 9.58. The number of morpholine rings is 1. The second kappa shape index (κ2) is 6.90. The molecule has 0 aromatic heterocycles. The van der Waals surface area contributed by atoms with Gasteiger partial charge in [-0.05, 0) is 38.9 Å². The predicted molar refractivity (Wildman–Crippen MR) is 72.6 cm³/mol. The van der Waals surface area contributed by atoms with E-state index in [4.69, 9.17) is 9.84 Å². The molecule has 1 atom stereocenters. The molecule has 0 bridgehead atoms. The number of carboxylic acids is 1. The van der Waals surface area contributed by atoms with E-state index in [1.54, 1.807) is 0 Å². The number of hydrogen-bond donors (Lipinski definition) is 2. The molecular weight excluding hydrogens is 262 g/mol. The van der Waals surface area contributed by atoms with E-state index in [-0.39, 0.29) is 12.6 Å². The van der Waals surface area contributed by atoms with E-state index < -0.39 is 12.0 Å². The molecule has 20 heavy (non-hydrogen) atoms. The van der Waals surface area contributed by atoms with Gasteiger partial charge >= 0.3 is 12.0 Å². The zero-order valence-electron chi connectivity index (χ0n) is 11.9. The van der Waals surface area contributed by atoms with Crippen LogP contribution in [0.2, 0.25) is 0 Å². The van der Waals surface area contributed by atoms with Gasteiger partial charge in [-0.2, -0.15) is 0 Å². The summed E-state index contributed by atoms with van der Waals surface area (Å²) in [6, 6.07) is -1.17. The van der Waals surface area contributed by atoms with Gasteiger partial charge in [0.1, 0.15) is 0 Å². The van der Waals surface area contributed by atoms with E-state index in [0.717, 1.165) is 25.9 Å². The molecule has 2 aliphatic heterocycles. The summed E-state index contributed by atoms with van der Waals surface area (Å²) in [6.07, 6.45) is 2.14. The first kappa shape index (κ1) is 15.1. The minimum absolute atomic E-state index is 0.0664. The number of piperidine rings is 1. The third kappa shape index (κ3) is 3.83. The average Bonchev–Trinajstić information content (AvgIpc) is 2.46. The summed E-state index contributed by atoms with van der Waals surface area (Å²) in [5.74, 6) is -0.529. The first-order valence-corrected chi connectivity index (χ1v) is 7.11. The van der Waals surface area contributed by atoms with E-state index >= 15 is 0 Å². The molecule has 2 rings (SSSR count). The number of hydrogen-bond acceptors (Lipinski definition) is 4. The van der Waals surface area contributed by atoms with Crippen molar-refractivity contribution in [1.29, 1.82) is 0 Å². The van der Waals surface area contributed by atoms with E-state index in [9.17, 15) is 9.59 Å². The van der Waals surface area contributed by atoms with Crippen LogP contribution in [-0.2, 0) is 9.53 Å². The highest BCUT2D eigenvalue weighted by atomic mass is 16.5. The van der Waals surface area contributed by atoms with Crippen molar-refractivity contribution >= 4 is 12.0 Å². The summed E-state index contributed by atoms with van der Waals surface area (Å²) < 4.78 is 5.12. The maximum absolute atomic E-state index is 12.1. The lowest BCUT2D eigenvalue weighted by atomic mass is 9.97. The number of rotatable bonds is 3. The molecule has 0 aliphatic carbocycles. The number of nitrogens with one attached hydrogen (secondary N) is 1. The molecule has 2 aliphatic rings. The Kier molecular flexibility index (Phi) is 5.19. The Bertz CT molecular complexity index is 356. The molecule has 2 amide bonds. The molecule has 114 valence electrons. The molecule has 2 N–H and O–H groups in total. The third-order valence-corrected chi connectivity index (χ3v) is 4.05. The Labute approximate surface area is 118 Å². The van der Waals surface area contributed by atoms with Gasteiger partial charge in [0.15, 0.2) is 6.04 Å². The van der Waals surface area contributed by atoms with Crippen molar-refractivity contribution in [2.75, 3.05) is 46.4 Å². The van der Waals surface area contributed by atoms with Crippen LogP contribution in [0.1, 0.15) is 12.8 Å². The molecule has 0 aromatic carbocycles. The predicted octanol–water partition coefficient (Wildman–Crippen LogP) is -0.177. The van der Waals surface area contributed by atoms with Crippen molar-refractivity contribution in [2.45, 2.75) is 18.9 Å². The summed E-state index contributed by atoms with van der Waals surface area (Å²) >= 11 is 0. The number of carbonyl (C=O) groups is 2. The zero-order chi connectivity index (χ0) is 14.5. The van der Waals surface area contributed by atoms with Gasteiger partial charge in [-0.1, -0.05) is 0 Å². The lowest BCUT2D eigenvalue weighted by molar-refractivity contribution is -0.147. The second-order valence-electron chi connectivity index (χ2n) is 5.56. The summed E-state index contributed by atoms with van der Waals surface area (Å²) in [4.78, 5) is 26.8. The van der Waals surface area contributed by atoms with Crippen molar-refractivity contribution in [3.05, 3.63) is 0 Å². The smallest absolute Gasteiger partial charge is 0.328 e. The Morgan fingerprint density at radius 3 is 2.65 bits per heavy atom. The number of likely N-dealkylation sites (tertiary alicyclic amines) is 1. The van der Waals surface area contributed by atoms with E-state index in [0.29, 0.717) is 25.6 Å². The molecule has 7 nitrogen and oxygen atoms in total. The number of aliphatic carboxylic acids is 1. The summed E-state index contributed by atoms with van der Waals surface area (Å²) in [7, 11) is 2.10. The molecule has 0 aromatic rings. The normalized spacial score (nSPS) is 25.4. The van der Waals surface area contributed by atoms with Gasteiger partial charge in [0, 0.05) is 13.1 Å². The third-order valence-electron chi connectivity index (χ3n) is 4.05. The maximum Gasteiger partial charge on any atom is 0.328 e. The van der Waals surface area contributed by atoms with Crippen molar-refractivity contribution in [3.8, 4) is 0 Å². The highest BCUT2D eigenvalue weighted by molar-refractivity contribution is 5.83. The first-order valence-electron chi connectivity index (χ1n) is 7.11. The number of amides is 2. The van der Waals surface area contributed by atoms with Gasteiger partial charge in [-0.15, -0.1) is 0 Å². The number of nitrogens with zero attached hydrogens (tertiary/aromatic N) is 2. The number of ether oxygens (including phenoxy) is 1. The fraction of sp³-hybridized carbons (Fsp3) is 0.846. The van der Waals surface area contributed by atoms with Gasteiger partial charge in [0.25, 0.3) is 0 Å². The van der Waals surface area contributed by atoms with Crippen molar-refractivity contribution < 1.29 is 19.4 Å². The van der Waals surface area contributed by atoms with E-state index in [2.05, 4.69) is 17.3 Å². The molecular formula is C13H23N3O4. The van der Waals surface area contributed by atoms with Gasteiger partial charge in [0.2, 0.25) is 0 Å². The summed E-state index contributed by atoms with van der Waals surface area (Å²) in [5, 5.41) is 12.0. The van der Waals surface area contributed by atoms with Crippen LogP contribution in [0.5, 0.6) is 0 Å². The van der Waals surface area contributed by atoms with Crippen LogP contribution in [0.3, 0.4) is 0 Å². The molecule has 2 saturated heterocycles. The van der Waals surface area contributed by atoms with Gasteiger partial charge in [0.05, 0.1) is 13.2 Å². The minimum atomic E-state index is -1.01. The molecule has 7 heteroatoms. The van der Waals surface area contributed by atoms with Crippen molar-refractivity contribution in [3.63, 3.8) is 0 Å². The molecule has 0 radical (unpaired) electrons. The van der Waals surface area contributed by atoms with Gasteiger partial charge < -0.3 is 25.0 Å². The van der Waals surface area contributed by atoms with Crippen LogP contribution >= 0.6 is 0 Å². The second-order valence-corrected chi connectivity index (χ2v) is 5.56. The van der Waals surface area contributed by atoms with Crippen LogP contribution < -0.4 is 5.32 Å². The summed E-state index contributed by atoms with van der Waals surface area (Å²) in [6.45, 7) is 3.51. The van der Waals surface area contributed by atoms with Crippen LogP contribution in [0.25, 0.3) is 0 Å².